The SMILES string of the molecule is Brc1ccc(CN2C=NC3=C(C2)CN(CC#Cc2nc4ccccc4[nH]2)CC3)cc1. The molecule has 2 aromatic carbocycles. The molecule has 5 rings (SSSR count). The monoisotopic (exact) mass is 459 g/mol. The Kier molecular flexibility index (Phi) is 5.39. The molecule has 2 aliphatic rings. The number of halogens is 1. The van der Waals surface area contributed by atoms with E-state index >= 15 is 0 Å². The van der Waals surface area contributed by atoms with Crippen molar-refractivity contribution < 1.29 is 0 Å². The van der Waals surface area contributed by atoms with Crippen molar-refractivity contribution in [2.75, 3.05) is 26.2 Å². The maximum absolute atomic E-state index is 4.73. The molecule has 150 valence electrons. The highest BCUT2D eigenvalue weighted by molar-refractivity contribution is 9.10. The summed E-state index contributed by atoms with van der Waals surface area (Å²) in [6.07, 6.45) is 2.99. The zero-order chi connectivity index (χ0) is 20.3. The van der Waals surface area contributed by atoms with E-state index in [4.69, 9.17) is 4.99 Å². The number of imidazole rings is 1. The van der Waals surface area contributed by atoms with Crippen LogP contribution in [0.1, 0.15) is 17.8 Å². The summed E-state index contributed by atoms with van der Waals surface area (Å²) in [7, 11) is 0. The quantitative estimate of drug-likeness (QED) is 0.597. The van der Waals surface area contributed by atoms with Gasteiger partial charge in [-0.2, -0.15) is 0 Å². The fourth-order valence-electron chi connectivity index (χ4n) is 3.92. The van der Waals surface area contributed by atoms with Crippen molar-refractivity contribution in [2.45, 2.75) is 13.0 Å². The maximum Gasteiger partial charge on any atom is 0.183 e. The molecule has 0 atom stereocenters. The van der Waals surface area contributed by atoms with Crippen LogP contribution in [0, 0.1) is 11.8 Å². The number of nitrogens with one attached hydrogen (secondary N) is 1. The van der Waals surface area contributed by atoms with E-state index in [1.54, 1.807) is 0 Å². The summed E-state index contributed by atoms with van der Waals surface area (Å²) in [5, 5.41) is 0. The van der Waals surface area contributed by atoms with Crippen LogP contribution in [-0.2, 0) is 6.54 Å². The van der Waals surface area contributed by atoms with E-state index < -0.39 is 0 Å². The van der Waals surface area contributed by atoms with Crippen LogP contribution in [0.5, 0.6) is 0 Å². The first-order chi connectivity index (χ1) is 14.7. The molecule has 0 spiro atoms. The predicted octanol–water partition coefficient (Wildman–Crippen LogP) is 4.18. The van der Waals surface area contributed by atoms with Gasteiger partial charge >= 0.3 is 0 Å². The van der Waals surface area contributed by atoms with Gasteiger partial charge in [0.05, 0.1) is 23.9 Å². The van der Waals surface area contributed by atoms with Gasteiger partial charge in [-0.05, 0) is 41.3 Å². The highest BCUT2D eigenvalue weighted by Gasteiger charge is 2.22. The van der Waals surface area contributed by atoms with Gasteiger partial charge in [0, 0.05) is 42.8 Å². The standard InChI is InChI=1S/C24H22BrN5/c25-20-9-7-18(8-10-20)14-30-16-19-15-29(13-11-21(19)26-17-30)12-3-6-24-27-22-4-1-2-5-23(22)28-24/h1-2,4-5,7-10,17H,11-16H2,(H,27,28). The first-order valence-electron chi connectivity index (χ1n) is 10.1. The fraction of sp³-hybridized carbons (Fsp3) is 0.250. The molecule has 0 aliphatic carbocycles. The number of fused-ring (bicyclic) bond motifs is 1. The minimum Gasteiger partial charge on any atom is -0.354 e. The number of aliphatic imine (C=N–C) groups is 1. The van der Waals surface area contributed by atoms with Gasteiger partial charge in [0.15, 0.2) is 5.82 Å². The van der Waals surface area contributed by atoms with Crippen LogP contribution < -0.4 is 0 Å². The lowest BCUT2D eigenvalue weighted by atomic mass is 10.0. The number of hydrogen-bond donors (Lipinski definition) is 1. The Morgan fingerprint density at radius 1 is 1.07 bits per heavy atom. The van der Waals surface area contributed by atoms with Gasteiger partial charge in [-0.25, -0.2) is 9.98 Å². The van der Waals surface area contributed by atoms with E-state index in [1.165, 1.54) is 16.8 Å². The van der Waals surface area contributed by atoms with Crippen LogP contribution in [-0.4, -0.2) is 52.3 Å². The number of rotatable bonds is 3. The number of H-pyrrole nitrogens is 1. The normalized spacial score (nSPS) is 16.5. The third-order valence-corrected chi connectivity index (χ3v) is 5.98. The van der Waals surface area contributed by atoms with Crippen molar-refractivity contribution in [1.82, 2.24) is 19.8 Å². The largest absolute Gasteiger partial charge is 0.354 e. The van der Waals surface area contributed by atoms with Gasteiger partial charge in [-0.15, -0.1) is 0 Å². The number of benzene rings is 2. The van der Waals surface area contributed by atoms with E-state index in [2.05, 4.69) is 71.8 Å². The molecule has 3 aromatic rings. The third-order valence-electron chi connectivity index (χ3n) is 5.46. The van der Waals surface area contributed by atoms with E-state index in [0.29, 0.717) is 0 Å². The van der Waals surface area contributed by atoms with Gasteiger partial charge in [-0.1, -0.05) is 46.1 Å². The molecule has 30 heavy (non-hydrogen) atoms. The highest BCUT2D eigenvalue weighted by Crippen LogP contribution is 2.23. The Hall–Kier alpha value is -2.88. The van der Waals surface area contributed by atoms with Gasteiger partial charge in [0.25, 0.3) is 0 Å². The Morgan fingerprint density at radius 3 is 2.80 bits per heavy atom. The van der Waals surface area contributed by atoms with Crippen LogP contribution in [0.2, 0.25) is 0 Å². The summed E-state index contributed by atoms with van der Waals surface area (Å²) in [4.78, 5) is 17.2. The molecule has 0 unspecified atom stereocenters. The summed E-state index contributed by atoms with van der Waals surface area (Å²) >= 11 is 3.50. The molecule has 6 heteroatoms. The first kappa shape index (κ1) is 19.1. The van der Waals surface area contributed by atoms with Crippen LogP contribution in [0.25, 0.3) is 11.0 Å². The Labute approximate surface area is 184 Å². The predicted molar refractivity (Wildman–Crippen MR) is 124 cm³/mol. The molecule has 1 aromatic heterocycles. The van der Waals surface area contributed by atoms with Gasteiger partial charge in [-0.3, -0.25) is 4.90 Å². The number of para-hydroxylation sites is 2. The number of nitrogens with zero attached hydrogens (tertiary/aromatic N) is 4. The van der Waals surface area contributed by atoms with E-state index in [0.717, 1.165) is 60.5 Å². The Bertz CT molecular complexity index is 1150. The molecule has 5 nitrogen and oxygen atoms in total. The summed E-state index contributed by atoms with van der Waals surface area (Å²) in [5.41, 5.74) is 5.94. The zero-order valence-electron chi connectivity index (χ0n) is 16.6. The summed E-state index contributed by atoms with van der Waals surface area (Å²) in [6, 6.07) is 16.5. The molecule has 0 saturated carbocycles. The van der Waals surface area contributed by atoms with Crippen molar-refractivity contribution in [2.24, 2.45) is 4.99 Å². The van der Waals surface area contributed by atoms with Crippen molar-refractivity contribution in [3.63, 3.8) is 0 Å². The van der Waals surface area contributed by atoms with E-state index in [1.807, 2.05) is 30.6 Å². The average Bonchev–Trinajstić information content (AvgIpc) is 3.18. The van der Waals surface area contributed by atoms with Crippen LogP contribution in [0.4, 0.5) is 0 Å². The molecular weight excluding hydrogens is 438 g/mol. The van der Waals surface area contributed by atoms with Crippen molar-refractivity contribution in [3.05, 3.63) is 75.7 Å². The topological polar surface area (TPSA) is 47.5 Å². The molecule has 3 heterocycles. The average molecular weight is 460 g/mol. The van der Waals surface area contributed by atoms with Gasteiger partial charge in [0.1, 0.15) is 0 Å². The Balaban J connectivity index is 1.20. The van der Waals surface area contributed by atoms with Crippen LogP contribution in [0.15, 0.2) is 69.3 Å². The second kappa shape index (κ2) is 8.47. The summed E-state index contributed by atoms with van der Waals surface area (Å²) in [6.45, 7) is 4.47. The van der Waals surface area contributed by atoms with Crippen molar-refractivity contribution in [3.8, 4) is 11.8 Å². The number of aromatic nitrogens is 2. The zero-order valence-corrected chi connectivity index (χ0v) is 18.2. The van der Waals surface area contributed by atoms with Crippen molar-refractivity contribution in [1.29, 1.82) is 0 Å². The van der Waals surface area contributed by atoms with Crippen LogP contribution in [0.3, 0.4) is 0 Å². The fourth-order valence-corrected chi connectivity index (χ4v) is 4.18. The molecule has 0 fully saturated rings. The van der Waals surface area contributed by atoms with E-state index in [-0.39, 0.29) is 0 Å². The van der Waals surface area contributed by atoms with Crippen LogP contribution >= 0.6 is 15.9 Å². The molecule has 0 amide bonds. The molecular formula is C24H22BrN5. The lowest BCUT2D eigenvalue weighted by molar-refractivity contribution is 0.300. The summed E-state index contributed by atoms with van der Waals surface area (Å²) in [5.74, 6) is 7.20. The maximum atomic E-state index is 4.73. The van der Waals surface area contributed by atoms with Crippen molar-refractivity contribution >= 4 is 33.3 Å². The number of aromatic amines is 1. The van der Waals surface area contributed by atoms with E-state index in [9.17, 15) is 0 Å². The minimum atomic E-state index is 0.732. The molecule has 1 N–H and O–H groups in total. The minimum absolute atomic E-state index is 0.732. The molecule has 0 saturated heterocycles. The summed E-state index contributed by atoms with van der Waals surface area (Å²) < 4.78 is 1.11. The molecule has 0 radical (unpaired) electrons. The second-order valence-electron chi connectivity index (χ2n) is 7.69. The van der Waals surface area contributed by atoms with Gasteiger partial charge in [0.2, 0.25) is 0 Å². The third kappa shape index (κ3) is 4.33. The Morgan fingerprint density at radius 2 is 1.93 bits per heavy atom. The first-order valence-corrected chi connectivity index (χ1v) is 10.9. The molecule has 2 aliphatic heterocycles. The number of hydrogen-bond acceptors (Lipinski definition) is 4. The smallest absolute Gasteiger partial charge is 0.183 e. The lowest BCUT2D eigenvalue weighted by Gasteiger charge is -2.33. The second-order valence-corrected chi connectivity index (χ2v) is 8.61. The lowest BCUT2D eigenvalue weighted by Crippen LogP contribution is -2.38. The molecule has 0 bridgehead atoms. The van der Waals surface area contributed by atoms with Gasteiger partial charge < -0.3 is 9.88 Å². The highest BCUT2D eigenvalue weighted by atomic mass is 79.9.